The third-order valence-corrected chi connectivity index (χ3v) is 5.60. The number of piperazine rings is 1. The highest BCUT2D eigenvalue weighted by Gasteiger charge is 2.31. The second kappa shape index (κ2) is 8.54. The highest BCUT2D eigenvalue weighted by Crippen LogP contribution is 2.22. The Morgan fingerprint density at radius 1 is 0.962 bits per heavy atom. The smallest absolute Gasteiger partial charge is 0.253 e. The number of piperidine rings is 1. The number of benzene rings is 1. The number of methoxy groups -OCH3 is 1. The number of hydrogen-bond acceptors (Lipinski definition) is 4. The van der Waals surface area contributed by atoms with Crippen LogP contribution in [-0.4, -0.2) is 79.4 Å². The topological polar surface area (TPSA) is 53.1 Å². The number of nitrogens with zero attached hydrogens (tertiary/aromatic N) is 3. The van der Waals surface area contributed by atoms with Gasteiger partial charge in [-0.15, -0.1) is 0 Å². The van der Waals surface area contributed by atoms with Crippen molar-refractivity contribution in [3.63, 3.8) is 0 Å². The quantitative estimate of drug-likeness (QED) is 0.821. The highest BCUT2D eigenvalue weighted by atomic mass is 16.5. The molecule has 6 nitrogen and oxygen atoms in total. The van der Waals surface area contributed by atoms with Gasteiger partial charge >= 0.3 is 0 Å². The van der Waals surface area contributed by atoms with E-state index in [2.05, 4.69) is 11.8 Å². The normalized spacial score (nSPS) is 19.5. The molecule has 26 heavy (non-hydrogen) atoms. The largest absolute Gasteiger partial charge is 0.497 e. The maximum absolute atomic E-state index is 12.8. The van der Waals surface area contributed by atoms with Crippen molar-refractivity contribution in [2.75, 3.05) is 52.9 Å². The van der Waals surface area contributed by atoms with Crippen LogP contribution in [0.2, 0.25) is 0 Å². The van der Waals surface area contributed by atoms with Crippen molar-refractivity contribution < 1.29 is 14.3 Å². The predicted molar refractivity (Wildman–Crippen MR) is 100 cm³/mol. The summed E-state index contributed by atoms with van der Waals surface area (Å²) in [6.07, 6.45) is 1.52. The van der Waals surface area contributed by atoms with E-state index in [-0.39, 0.29) is 17.7 Å². The van der Waals surface area contributed by atoms with Crippen molar-refractivity contribution in [1.82, 2.24) is 14.7 Å². The summed E-state index contributed by atoms with van der Waals surface area (Å²) in [6.45, 7) is 8.11. The molecule has 0 unspecified atom stereocenters. The lowest BCUT2D eigenvalue weighted by Gasteiger charge is -2.38. The summed E-state index contributed by atoms with van der Waals surface area (Å²) in [4.78, 5) is 31.6. The summed E-state index contributed by atoms with van der Waals surface area (Å²) in [6, 6.07) is 7.20. The van der Waals surface area contributed by atoms with E-state index in [1.54, 1.807) is 31.4 Å². The molecule has 0 aliphatic carbocycles. The van der Waals surface area contributed by atoms with E-state index < -0.39 is 0 Å². The molecule has 2 heterocycles. The number of amides is 2. The van der Waals surface area contributed by atoms with Gasteiger partial charge in [0.2, 0.25) is 5.91 Å². The van der Waals surface area contributed by atoms with Gasteiger partial charge < -0.3 is 19.4 Å². The van der Waals surface area contributed by atoms with Gasteiger partial charge in [0, 0.05) is 50.7 Å². The van der Waals surface area contributed by atoms with E-state index in [4.69, 9.17) is 4.74 Å². The average Bonchev–Trinajstić information content (AvgIpc) is 2.73. The van der Waals surface area contributed by atoms with Gasteiger partial charge in [0.15, 0.2) is 0 Å². The monoisotopic (exact) mass is 359 g/mol. The van der Waals surface area contributed by atoms with E-state index in [9.17, 15) is 9.59 Å². The molecule has 0 radical (unpaired) electrons. The molecule has 1 aromatic carbocycles. The van der Waals surface area contributed by atoms with Crippen LogP contribution in [-0.2, 0) is 4.79 Å². The number of hydrogen-bond donors (Lipinski definition) is 0. The van der Waals surface area contributed by atoms with Gasteiger partial charge in [0.05, 0.1) is 7.11 Å². The first-order valence-corrected chi connectivity index (χ1v) is 9.57. The molecule has 0 atom stereocenters. The third-order valence-electron chi connectivity index (χ3n) is 5.60. The second-order valence-electron chi connectivity index (χ2n) is 7.05. The standard InChI is InChI=1S/C20H29N3O3/c1-3-21-12-14-23(15-13-21)20(25)17-8-10-22(11-9-17)19(24)16-4-6-18(26-2)7-5-16/h4-7,17H,3,8-15H2,1-2H3. The van der Waals surface area contributed by atoms with Crippen molar-refractivity contribution in [3.8, 4) is 5.75 Å². The Bertz CT molecular complexity index is 616. The Morgan fingerprint density at radius 3 is 2.12 bits per heavy atom. The van der Waals surface area contributed by atoms with Crippen molar-refractivity contribution in [3.05, 3.63) is 29.8 Å². The van der Waals surface area contributed by atoms with Gasteiger partial charge in [-0.2, -0.15) is 0 Å². The van der Waals surface area contributed by atoms with Crippen molar-refractivity contribution in [2.45, 2.75) is 19.8 Å². The number of carbonyl (C=O) groups is 2. The average molecular weight is 359 g/mol. The van der Waals surface area contributed by atoms with Crippen molar-refractivity contribution in [2.24, 2.45) is 5.92 Å². The van der Waals surface area contributed by atoms with Crippen molar-refractivity contribution >= 4 is 11.8 Å². The molecule has 3 rings (SSSR count). The molecule has 1 aromatic rings. The van der Waals surface area contributed by atoms with E-state index in [1.807, 2.05) is 9.80 Å². The molecule has 2 saturated heterocycles. The molecule has 2 aliphatic rings. The van der Waals surface area contributed by atoms with Crippen LogP contribution in [0.15, 0.2) is 24.3 Å². The number of likely N-dealkylation sites (tertiary alicyclic amines) is 1. The number of rotatable bonds is 4. The fraction of sp³-hybridized carbons (Fsp3) is 0.600. The molecular weight excluding hydrogens is 330 g/mol. The summed E-state index contributed by atoms with van der Waals surface area (Å²) < 4.78 is 5.14. The predicted octanol–water partition coefficient (Wildman–Crippen LogP) is 1.71. The zero-order chi connectivity index (χ0) is 18.5. The molecule has 142 valence electrons. The van der Waals surface area contributed by atoms with Crippen LogP contribution in [0.25, 0.3) is 0 Å². The van der Waals surface area contributed by atoms with Gasteiger partial charge in [-0.05, 0) is 43.7 Å². The summed E-state index contributed by atoms with van der Waals surface area (Å²) in [7, 11) is 1.61. The molecular formula is C20H29N3O3. The summed E-state index contributed by atoms with van der Waals surface area (Å²) in [5.74, 6) is 1.12. The van der Waals surface area contributed by atoms with Gasteiger partial charge in [0.1, 0.15) is 5.75 Å². The first-order chi connectivity index (χ1) is 12.6. The Morgan fingerprint density at radius 2 is 1.58 bits per heavy atom. The summed E-state index contributed by atoms with van der Waals surface area (Å²) in [5.41, 5.74) is 0.672. The SMILES string of the molecule is CCN1CCN(C(=O)C2CCN(C(=O)c3ccc(OC)cc3)CC2)CC1. The summed E-state index contributed by atoms with van der Waals surface area (Å²) >= 11 is 0. The van der Waals surface area contributed by atoms with E-state index >= 15 is 0 Å². The van der Waals surface area contributed by atoms with Gasteiger partial charge in [-0.1, -0.05) is 6.92 Å². The lowest BCUT2D eigenvalue weighted by Crippen LogP contribution is -2.51. The van der Waals surface area contributed by atoms with Crippen molar-refractivity contribution in [1.29, 1.82) is 0 Å². The molecule has 0 spiro atoms. The van der Waals surface area contributed by atoms with Crippen LogP contribution < -0.4 is 4.74 Å². The third kappa shape index (κ3) is 4.18. The Labute approximate surface area is 155 Å². The van der Waals surface area contributed by atoms with Crippen LogP contribution in [0.3, 0.4) is 0 Å². The Balaban J connectivity index is 1.50. The lowest BCUT2D eigenvalue weighted by molar-refractivity contribution is -0.138. The molecule has 0 bridgehead atoms. The van der Waals surface area contributed by atoms with Gasteiger partial charge in [-0.25, -0.2) is 0 Å². The Hall–Kier alpha value is -2.08. The van der Waals surface area contributed by atoms with Crippen LogP contribution in [0.5, 0.6) is 5.75 Å². The maximum Gasteiger partial charge on any atom is 0.253 e. The van der Waals surface area contributed by atoms with E-state index in [1.165, 1.54) is 0 Å². The summed E-state index contributed by atoms with van der Waals surface area (Å²) in [5, 5.41) is 0. The molecule has 2 aliphatic heterocycles. The lowest BCUT2D eigenvalue weighted by atomic mass is 9.94. The van der Waals surface area contributed by atoms with E-state index in [0.717, 1.165) is 51.3 Å². The molecule has 2 fully saturated rings. The van der Waals surface area contributed by atoms with Crippen LogP contribution in [0.1, 0.15) is 30.1 Å². The van der Waals surface area contributed by atoms with Crippen LogP contribution in [0.4, 0.5) is 0 Å². The zero-order valence-electron chi connectivity index (χ0n) is 15.8. The molecule has 0 saturated carbocycles. The fourth-order valence-electron chi connectivity index (χ4n) is 3.79. The number of carbonyl (C=O) groups excluding carboxylic acids is 2. The zero-order valence-corrected chi connectivity index (χ0v) is 15.8. The minimum absolute atomic E-state index is 0.0371. The van der Waals surface area contributed by atoms with Gasteiger partial charge in [0.25, 0.3) is 5.91 Å². The molecule has 0 aromatic heterocycles. The van der Waals surface area contributed by atoms with Crippen LogP contribution in [0, 0.1) is 5.92 Å². The number of ether oxygens (including phenoxy) is 1. The molecule has 0 N–H and O–H groups in total. The maximum atomic E-state index is 12.8. The molecule has 2 amide bonds. The number of likely N-dealkylation sites (N-methyl/N-ethyl adjacent to an activating group) is 1. The van der Waals surface area contributed by atoms with Gasteiger partial charge in [-0.3, -0.25) is 9.59 Å². The molecule has 6 heteroatoms. The first kappa shape index (κ1) is 18.7. The minimum Gasteiger partial charge on any atom is -0.497 e. The second-order valence-corrected chi connectivity index (χ2v) is 7.05. The highest BCUT2D eigenvalue weighted by molar-refractivity contribution is 5.94. The first-order valence-electron chi connectivity index (χ1n) is 9.57. The minimum atomic E-state index is 0.0371. The fourth-order valence-corrected chi connectivity index (χ4v) is 3.79. The van der Waals surface area contributed by atoms with E-state index in [0.29, 0.717) is 18.7 Å². The van der Waals surface area contributed by atoms with Crippen LogP contribution >= 0.6 is 0 Å². The Kier molecular flexibility index (Phi) is 6.14.